The van der Waals surface area contributed by atoms with Gasteiger partial charge in [0.2, 0.25) is 5.91 Å². The summed E-state index contributed by atoms with van der Waals surface area (Å²) in [7, 11) is 0. The van der Waals surface area contributed by atoms with E-state index in [0.717, 1.165) is 51.1 Å². The van der Waals surface area contributed by atoms with Gasteiger partial charge in [0.05, 0.1) is 5.56 Å². The van der Waals surface area contributed by atoms with Crippen LogP contribution < -0.4 is 0 Å². The zero-order chi connectivity index (χ0) is 16.3. The molecule has 0 bridgehead atoms. The third-order valence-corrected chi connectivity index (χ3v) is 5.17. The minimum atomic E-state index is -0.925. The van der Waals surface area contributed by atoms with Crippen LogP contribution in [0, 0.1) is 5.41 Å². The van der Waals surface area contributed by atoms with E-state index in [-0.39, 0.29) is 16.9 Å². The molecule has 2 heterocycles. The molecular weight excluding hydrogens is 294 g/mol. The van der Waals surface area contributed by atoms with E-state index in [1.54, 1.807) is 24.3 Å². The van der Waals surface area contributed by atoms with Crippen molar-refractivity contribution in [2.75, 3.05) is 26.3 Å². The summed E-state index contributed by atoms with van der Waals surface area (Å²) in [6, 6.07) is 6.77. The molecular formula is C18H23NO4. The Balaban J connectivity index is 1.50. The van der Waals surface area contributed by atoms with Gasteiger partial charge in [-0.3, -0.25) is 4.79 Å². The first kappa shape index (κ1) is 16.0. The molecule has 2 aliphatic rings. The first-order valence-electron chi connectivity index (χ1n) is 8.26. The van der Waals surface area contributed by atoms with Gasteiger partial charge in [-0.05, 0) is 48.8 Å². The smallest absolute Gasteiger partial charge is 0.335 e. The van der Waals surface area contributed by atoms with Gasteiger partial charge < -0.3 is 14.7 Å². The standard InChI is InChI=1S/C18H23NO4/c20-16(6-3-14-1-4-15(5-2-14)17(21)22)19-10-7-18(13-19)8-11-23-12-9-18/h1-2,4-5H,3,6-13H2,(H,21,22). The van der Waals surface area contributed by atoms with Gasteiger partial charge in [-0.25, -0.2) is 4.79 Å². The van der Waals surface area contributed by atoms with Crippen LogP contribution in [0.5, 0.6) is 0 Å². The number of hydrogen-bond donors (Lipinski definition) is 1. The maximum atomic E-state index is 12.4. The van der Waals surface area contributed by atoms with Crippen molar-refractivity contribution in [3.05, 3.63) is 35.4 Å². The SMILES string of the molecule is O=C(O)c1ccc(CCC(=O)N2CCC3(CCOCC3)C2)cc1. The molecule has 23 heavy (non-hydrogen) atoms. The number of benzene rings is 1. The summed E-state index contributed by atoms with van der Waals surface area (Å²) < 4.78 is 5.44. The molecule has 1 aromatic rings. The highest BCUT2D eigenvalue weighted by Gasteiger charge is 2.40. The first-order valence-corrected chi connectivity index (χ1v) is 8.26. The number of aryl methyl sites for hydroxylation is 1. The van der Waals surface area contributed by atoms with E-state index in [1.807, 2.05) is 4.90 Å². The Hall–Kier alpha value is -1.88. The molecule has 3 rings (SSSR count). The number of hydrogen-bond acceptors (Lipinski definition) is 3. The van der Waals surface area contributed by atoms with Gasteiger partial charge in [-0.1, -0.05) is 12.1 Å². The highest BCUT2D eigenvalue weighted by atomic mass is 16.5. The normalized spacial score (nSPS) is 19.9. The highest BCUT2D eigenvalue weighted by Crippen LogP contribution is 2.39. The minimum absolute atomic E-state index is 0.204. The number of rotatable bonds is 4. The number of carboxylic acids is 1. The Kier molecular flexibility index (Phi) is 4.66. The second-order valence-electron chi connectivity index (χ2n) is 6.68. The fourth-order valence-electron chi connectivity index (χ4n) is 3.58. The number of carboxylic acid groups (broad SMARTS) is 1. The largest absolute Gasteiger partial charge is 0.478 e. The maximum absolute atomic E-state index is 12.4. The fraction of sp³-hybridized carbons (Fsp3) is 0.556. The lowest BCUT2D eigenvalue weighted by molar-refractivity contribution is -0.130. The number of nitrogens with zero attached hydrogens (tertiary/aromatic N) is 1. The third kappa shape index (κ3) is 3.72. The summed E-state index contributed by atoms with van der Waals surface area (Å²) >= 11 is 0. The lowest BCUT2D eigenvalue weighted by Crippen LogP contribution is -2.35. The van der Waals surface area contributed by atoms with Crippen LogP contribution in [0.25, 0.3) is 0 Å². The highest BCUT2D eigenvalue weighted by molar-refractivity contribution is 5.87. The van der Waals surface area contributed by atoms with Gasteiger partial charge in [0.1, 0.15) is 0 Å². The molecule has 2 aliphatic heterocycles. The van der Waals surface area contributed by atoms with Gasteiger partial charge in [0.15, 0.2) is 0 Å². The van der Waals surface area contributed by atoms with Gasteiger partial charge in [0.25, 0.3) is 0 Å². The fourth-order valence-corrected chi connectivity index (χ4v) is 3.58. The number of ether oxygens (including phenoxy) is 1. The number of aromatic carboxylic acids is 1. The van der Waals surface area contributed by atoms with Crippen LogP contribution in [-0.4, -0.2) is 48.2 Å². The van der Waals surface area contributed by atoms with Gasteiger partial charge >= 0.3 is 5.97 Å². The Labute approximate surface area is 136 Å². The minimum Gasteiger partial charge on any atom is -0.478 e. The molecule has 0 aromatic heterocycles. The number of likely N-dealkylation sites (tertiary alicyclic amines) is 1. The van der Waals surface area contributed by atoms with E-state index in [0.29, 0.717) is 12.8 Å². The van der Waals surface area contributed by atoms with Crippen LogP contribution in [0.3, 0.4) is 0 Å². The van der Waals surface area contributed by atoms with E-state index >= 15 is 0 Å². The Morgan fingerprint density at radius 1 is 1.13 bits per heavy atom. The lowest BCUT2D eigenvalue weighted by Gasteiger charge is -2.33. The summed E-state index contributed by atoms with van der Waals surface area (Å²) in [5.74, 6) is -0.720. The predicted octanol–water partition coefficient (Wildman–Crippen LogP) is 2.35. The average Bonchev–Trinajstić information content (AvgIpc) is 2.97. The summed E-state index contributed by atoms with van der Waals surface area (Å²) in [6.45, 7) is 3.36. The van der Waals surface area contributed by atoms with Crippen molar-refractivity contribution in [2.45, 2.75) is 32.1 Å². The van der Waals surface area contributed by atoms with E-state index in [9.17, 15) is 9.59 Å². The molecule has 0 saturated carbocycles. The molecule has 0 atom stereocenters. The second-order valence-corrected chi connectivity index (χ2v) is 6.68. The predicted molar refractivity (Wildman–Crippen MR) is 85.4 cm³/mol. The molecule has 5 nitrogen and oxygen atoms in total. The zero-order valence-corrected chi connectivity index (χ0v) is 13.3. The Morgan fingerprint density at radius 3 is 2.48 bits per heavy atom. The topological polar surface area (TPSA) is 66.8 Å². The van der Waals surface area contributed by atoms with E-state index < -0.39 is 5.97 Å². The Bertz CT molecular complexity index is 575. The van der Waals surface area contributed by atoms with Crippen LogP contribution in [0.15, 0.2) is 24.3 Å². The van der Waals surface area contributed by atoms with Gasteiger partial charge in [-0.15, -0.1) is 0 Å². The average molecular weight is 317 g/mol. The van der Waals surface area contributed by atoms with E-state index in [4.69, 9.17) is 9.84 Å². The molecule has 0 unspecified atom stereocenters. The van der Waals surface area contributed by atoms with Crippen molar-refractivity contribution in [3.8, 4) is 0 Å². The van der Waals surface area contributed by atoms with E-state index in [2.05, 4.69) is 0 Å². The lowest BCUT2D eigenvalue weighted by atomic mass is 9.80. The Morgan fingerprint density at radius 2 is 1.83 bits per heavy atom. The molecule has 1 aromatic carbocycles. The van der Waals surface area contributed by atoms with Gasteiger partial charge in [0, 0.05) is 32.7 Å². The van der Waals surface area contributed by atoms with E-state index in [1.165, 1.54) is 0 Å². The van der Waals surface area contributed by atoms with Crippen molar-refractivity contribution >= 4 is 11.9 Å². The van der Waals surface area contributed by atoms with Crippen molar-refractivity contribution in [2.24, 2.45) is 5.41 Å². The summed E-state index contributed by atoms with van der Waals surface area (Å²) in [5.41, 5.74) is 1.57. The molecule has 1 N–H and O–H groups in total. The van der Waals surface area contributed by atoms with Crippen LogP contribution in [0.2, 0.25) is 0 Å². The molecule has 1 amide bonds. The third-order valence-electron chi connectivity index (χ3n) is 5.17. The molecule has 1 spiro atoms. The summed E-state index contributed by atoms with van der Waals surface area (Å²) in [5, 5.41) is 8.89. The molecule has 2 saturated heterocycles. The molecule has 0 aliphatic carbocycles. The first-order chi connectivity index (χ1) is 11.1. The molecule has 2 fully saturated rings. The quantitative estimate of drug-likeness (QED) is 0.925. The molecule has 0 radical (unpaired) electrons. The number of carbonyl (C=O) groups excluding carboxylic acids is 1. The monoisotopic (exact) mass is 317 g/mol. The van der Waals surface area contributed by atoms with Gasteiger partial charge in [-0.2, -0.15) is 0 Å². The maximum Gasteiger partial charge on any atom is 0.335 e. The molecule has 5 heteroatoms. The van der Waals surface area contributed by atoms with Crippen LogP contribution >= 0.6 is 0 Å². The van der Waals surface area contributed by atoms with Crippen LogP contribution in [0.1, 0.15) is 41.6 Å². The number of carbonyl (C=O) groups is 2. The van der Waals surface area contributed by atoms with Crippen molar-refractivity contribution < 1.29 is 19.4 Å². The number of amides is 1. The second kappa shape index (κ2) is 6.71. The molecule has 124 valence electrons. The summed E-state index contributed by atoms with van der Waals surface area (Å²) in [6.07, 6.45) is 4.36. The zero-order valence-electron chi connectivity index (χ0n) is 13.3. The van der Waals surface area contributed by atoms with Crippen molar-refractivity contribution in [3.63, 3.8) is 0 Å². The van der Waals surface area contributed by atoms with Crippen LogP contribution in [-0.2, 0) is 16.0 Å². The van der Waals surface area contributed by atoms with Crippen molar-refractivity contribution in [1.29, 1.82) is 0 Å². The van der Waals surface area contributed by atoms with Crippen LogP contribution in [0.4, 0.5) is 0 Å². The summed E-state index contributed by atoms with van der Waals surface area (Å²) in [4.78, 5) is 25.2. The van der Waals surface area contributed by atoms with Crippen molar-refractivity contribution in [1.82, 2.24) is 4.90 Å².